The number of imidazole rings is 1. The number of rotatable bonds is 2. The number of amides is 2. The van der Waals surface area contributed by atoms with Gasteiger partial charge in [0.1, 0.15) is 11.3 Å². The second-order valence-electron chi connectivity index (χ2n) is 5.90. The van der Waals surface area contributed by atoms with Crippen molar-refractivity contribution in [1.82, 2.24) is 14.3 Å². The molecule has 6 nitrogen and oxygen atoms in total. The molecule has 1 aliphatic rings. The van der Waals surface area contributed by atoms with Crippen LogP contribution < -0.4 is 5.73 Å². The van der Waals surface area contributed by atoms with Crippen molar-refractivity contribution in [3.05, 3.63) is 35.3 Å². The summed E-state index contributed by atoms with van der Waals surface area (Å²) in [7, 11) is 0. The van der Waals surface area contributed by atoms with E-state index in [0.717, 1.165) is 16.9 Å². The maximum absolute atomic E-state index is 12.8. The third-order valence-electron chi connectivity index (χ3n) is 4.41. The molecule has 0 spiro atoms. The van der Waals surface area contributed by atoms with Gasteiger partial charge in [0.15, 0.2) is 0 Å². The van der Waals surface area contributed by atoms with Crippen LogP contribution in [0.5, 0.6) is 0 Å². The summed E-state index contributed by atoms with van der Waals surface area (Å²) < 4.78 is 1.85. The van der Waals surface area contributed by atoms with E-state index in [2.05, 4.69) is 4.98 Å². The molecule has 0 aliphatic carbocycles. The van der Waals surface area contributed by atoms with Crippen LogP contribution in [-0.2, 0) is 4.79 Å². The van der Waals surface area contributed by atoms with E-state index in [9.17, 15) is 9.59 Å². The van der Waals surface area contributed by atoms with Gasteiger partial charge in [-0.25, -0.2) is 4.98 Å². The number of nitrogens with two attached hydrogens (primary N) is 1. The highest BCUT2D eigenvalue weighted by Crippen LogP contribution is 2.21. The van der Waals surface area contributed by atoms with Gasteiger partial charge in [-0.1, -0.05) is 6.07 Å². The number of piperidine rings is 1. The van der Waals surface area contributed by atoms with Crippen LogP contribution in [0.4, 0.5) is 0 Å². The van der Waals surface area contributed by atoms with E-state index >= 15 is 0 Å². The predicted molar refractivity (Wildman–Crippen MR) is 82.5 cm³/mol. The van der Waals surface area contributed by atoms with Crippen molar-refractivity contribution >= 4 is 17.5 Å². The van der Waals surface area contributed by atoms with Crippen LogP contribution in [0, 0.1) is 19.8 Å². The van der Waals surface area contributed by atoms with Gasteiger partial charge in [0.05, 0.1) is 5.69 Å². The number of fused-ring (bicyclic) bond motifs is 1. The Labute approximate surface area is 128 Å². The highest BCUT2D eigenvalue weighted by Gasteiger charge is 2.29. The summed E-state index contributed by atoms with van der Waals surface area (Å²) in [6.07, 6.45) is 3.14. The third kappa shape index (κ3) is 2.34. The Morgan fingerprint density at radius 2 is 1.95 bits per heavy atom. The Bertz CT molecular complexity index is 742. The standard InChI is InChI=1S/C16H20N4O2/c1-10-4-3-7-20-13(11(2)18-15(10)20)16(22)19-8-5-12(6-9-19)14(17)21/h3-4,7,12H,5-6,8-9H2,1-2H3,(H2,17,21). The van der Waals surface area contributed by atoms with Crippen LogP contribution in [0.25, 0.3) is 5.65 Å². The van der Waals surface area contributed by atoms with E-state index in [1.165, 1.54) is 0 Å². The summed E-state index contributed by atoms with van der Waals surface area (Å²) in [6.45, 7) is 4.96. The van der Waals surface area contributed by atoms with E-state index < -0.39 is 0 Å². The average Bonchev–Trinajstić information content (AvgIpc) is 2.84. The topological polar surface area (TPSA) is 80.7 Å². The average molecular weight is 300 g/mol. The van der Waals surface area contributed by atoms with Crippen molar-refractivity contribution in [2.24, 2.45) is 11.7 Å². The molecule has 0 atom stereocenters. The molecular formula is C16H20N4O2. The Morgan fingerprint density at radius 1 is 1.27 bits per heavy atom. The normalized spacial score (nSPS) is 16.2. The molecule has 2 amide bonds. The minimum absolute atomic E-state index is 0.0291. The first-order valence-corrected chi connectivity index (χ1v) is 7.52. The van der Waals surface area contributed by atoms with Gasteiger partial charge in [0, 0.05) is 25.2 Å². The third-order valence-corrected chi connectivity index (χ3v) is 4.41. The smallest absolute Gasteiger partial charge is 0.272 e. The fraction of sp³-hybridized carbons (Fsp3) is 0.438. The van der Waals surface area contributed by atoms with Crippen molar-refractivity contribution in [2.75, 3.05) is 13.1 Å². The van der Waals surface area contributed by atoms with Crippen molar-refractivity contribution < 1.29 is 9.59 Å². The van der Waals surface area contributed by atoms with Crippen LogP contribution >= 0.6 is 0 Å². The fourth-order valence-corrected chi connectivity index (χ4v) is 3.09. The van der Waals surface area contributed by atoms with Gasteiger partial charge < -0.3 is 10.6 Å². The summed E-state index contributed by atoms with van der Waals surface area (Å²) in [5, 5.41) is 0. The van der Waals surface area contributed by atoms with Crippen LogP contribution in [0.15, 0.2) is 18.3 Å². The second kappa shape index (κ2) is 5.44. The number of primary amides is 1. The zero-order valence-corrected chi connectivity index (χ0v) is 12.9. The van der Waals surface area contributed by atoms with Crippen LogP contribution in [0.2, 0.25) is 0 Å². The number of hydrogen-bond donors (Lipinski definition) is 1. The van der Waals surface area contributed by atoms with Gasteiger partial charge in [0.2, 0.25) is 5.91 Å². The van der Waals surface area contributed by atoms with Crippen molar-refractivity contribution in [3.63, 3.8) is 0 Å². The molecule has 2 aromatic rings. The van der Waals surface area contributed by atoms with Crippen LogP contribution in [0.1, 0.15) is 34.6 Å². The lowest BCUT2D eigenvalue weighted by Crippen LogP contribution is -2.42. The molecule has 0 saturated carbocycles. The van der Waals surface area contributed by atoms with E-state index in [-0.39, 0.29) is 17.7 Å². The summed E-state index contributed by atoms with van der Waals surface area (Å²) in [6, 6.07) is 3.90. The summed E-state index contributed by atoms with van der Waals surface area (Å²) in [4.78, 5) is 30.4. The van der Waals surface area contributed by atoms with Crippen LogP contribution in [0.3, 0.4) is 0 Å². The molecule has 0 unspecified atom stereocenters. The first kappa shape index (κ1) is 14.6. The molecule has 2 aromatic heterocycles. The lowest BCUT2D eigenvalue weighted by atomic mass is 9.96. The number of pyridine rings is 1. The molecule has 2 N–H and O–H groups in total. The molecule has 0 radical (unpaired) electrons. The molecule has 3 heterocycles. The molecule has 1 saturated heterocycles. The SMILES string of the molecule is Cc1nc2c(C)cccn2c1C(=O)N1CCC(C(N)=O)CC1. The highest BCUT2D eigenvalue weighted by atomic mass is 16.2. The monoisotopic (exact) mass is 300 g/mol. The van der Waals surface area contributed by atoms with Gasteiger partial charge in [-0.15, -0.1) is 0 Å². The van der Waals surface area contributed by atoms with E-state index in [4.69, 9.17) is 5.73 Å². The van der Waals surface area contributed by atoms with Crippen LogP contribution in [-0.4, -0.2) is 39.2 Å². The maximum atomic E-state index is 12.8. The fourth-order valence-electron chi connectivity index (χ4n) is 3.09. The molecule has 0 aromatic carbocycles. The molecule has 6 heteroatoms. The number of nitrogens with zero attached hydrogens (tertiary/aromatic N) is 3. The number of carbonyl (C=O) groups is 2. The van der Waals surface area contributed by atoms with Crippen molar-refractivity contribution in [3.8, 4) is 0 Å². The minimum atomic E-state index is -0.270. The van der Waals surface area contributed by atoms with E-state index in [1.807, 2.05) is 36.6 Å². The van der Waals surface area contributed by atoms with E-state index in [1.54, 1.807) is 4.90 Å². The number of aryl methyl sites for hydroxylation is 2. The number of hydrogen-bond acceptors (Lipinski definition) is 3. The maximum Gasteiger partial charge on any atom is 0.272 e. The molecule has 22 heavy (non-hydrogen) atoms. The van der Waals surface area contributed by atoms with Crippen molar-refractivity contribution in [2.45, 2.75) is 26.7 Å². The zero-order chi connectivity index (χ0) is 15.9. The summed E-state index contributed by atoms with van der Waals surface area (Å²) in [5.41, 5.74) is 8.54. The number of likely N-dealkylation sites (tertiary alicyclic amines) is 1. The Kier molecular flexibility index (Phi) is 3.60. The van der Waals surface area contributed by atoms with E-state index in [0.29, 0.717) is 31.6 Å². The molecule has 116 valence electrons. The molecule has 1 aliphatic heterocycles. The van der Waals surface area contributed by atoms with Gasteiger partial charge >= 0.3 is 0 Å². The lowest BCUT2D eigenvalue weighted by Gasteiger charge is -2.30. The highest BCUT2D eigenvalue weighted by molar-refractivity contribution is 5.95. The van der Waals surface area contributed by atoms with Gasteiger partial charge in [-0.2, -0.15) is 0 Å². The Balaban J connectivity index is 1.89. The Morgan fingerprint density at radius 3 is 2.59 bits per heavy atom. The number of aromatic nitrogens is 2. The first-order chi connectivity index (χ1) is 10.5. The molecule has 0 bridgehead atoms. The summed E-state index contributed by atoms with van der Waals surface area (Å²) in [5.74, 6) is -0.415. The first-order valence-electron chi connectivity index (χ1n) is 7.52. The zero-order valence-electron chi connectivity index (χ0n) is 12.9. The van der Waals surface area contributed by atoms with Gasteiger partial charge in [-0.3, -0.25) is 14.0 Å². The Hall–Kier alpha value is -2.37. The van der Waals surface area contributed by atoms with Gasteiger partial charge in [0.25, 0.3) is 5.91 Å². The summed E-state index contributed by atoms with van der Waals surface area (Å²) >= 11 is 0. The second-order valence-corrected chi connectivity index (χ2v) is 5.90. The van der Waals surface area contributed by atoms with Gasteiger partial charge in [-0.05, 0) is 38.3 Å². The predicted octanol–water partition coefficient (Wildman–Crippen LogP) is 1.29. The molecule has 1 fully saturated rings. The quantitative estimate of drug-likeness (QED) is 0.907. The lowest BCUT2D eigenvalue weighted by molar-refractivity contribution is -0.123. The number of carbonyl (C=O) groups excluding carboxylic acids is 2. The molecular weight excluding hydrogens is 280 g/mol. The largest absolute Gasteiger partial charge is 0.369 e. The minimum Gasteiger partial charge on any atom is -0.369 e. The van der Waals surface area contributed by atoms with Crippen molar-refractivity contribution in [1.29, 1.82) is 0 Å². The molecule has 3 rings (SSSR count).